The highest BCUT2D eigenvalue weighted by atomic mass is 19.3. The van der Waals surface area contributed by atoms with Crippen LogP contribution in [0.2, 0.25) is 0 Å². The molecule has 1 amide bonds. The normalized spacial score (nSPS) is 10.1. The van der Waals surface area contributed by atoms with E-state index >= 15 is 0 Å². The lowest BCUT2D eigenvalue weighted by atomic mass is 10.1. The number of hydrogen-bond acceptors (Lipinski definition) is 3. The number of pyridine rings is 1. The standard InChI is InChI=1S/C9H7F2N3O/c1-4-2-5(8(10)11)7(9(13)15)14-6(4)3-12/h2,8H,1H3,(H2,13,15). The van der Waals surface area contributed by atoms with Gasteiger partial charge in [-0.15, -0.1) is 0 Å². The first-order valence-electron chi connectivity index (χ1n) is 3.97. The Hall–Kier alpha value is -2.03. The summed E-state index contributed by atoms with van der Waals surface area (Å²) >= 11 is 0. The van der Waals surface area contributed by atoms with Gasteiger partial charge in [0.25, 0.3) is 12.3 Å². The van der Waals surface area contributed by atoms with Crippen LogP contribution < -0.4 is 5.73 Å². The summed E-state index contributed by atoms with van der Waals surface area (Å²) in [6, 6.07) is 2.74. The highest BCUT2D eigenvalue weighted by Crippen LogP contribution is 2.23. The average molecular weight is 211 g/mol. The maximum Gasteiger partial charge on any atom is 0.267 e. The van der Waals surface area contributed by atoms with Crippen molar-refractivity contribution < 1.29 is 13.6 Å². The van der Waals surface area contributed by atoms with Crippen LogP contribution in [0, 0.1) is 18.3 Å². The van der Waals surface area contributed by atoms with Crippen molar-refractivity contribution in [2.45, 2.75) is 13.3 Å². The first-order valence-corrected chi connectivity index (χ1v) is 3.97. The summed E-state index contributed by atoms with van der Waals surface area (Å²) in [7, 11) is 0. The first-order chi connectivity index (χ1) is 6.97. The molecule has 0 aromatic carbocycles. The van der Waals surface area contributed by atoms with E-state index < -0.39 is 23.6 Å². The Morgan fingerprint density at radius 2 is 2.27 bits per heavy atom. The molecule has 0 bridgehead atoms. The summed E-state index contributed by atoms with van der Waals surface area (Å²) in [5, 5.41) is 8.60. The van der Waals surface area contributed by atoms with E-state index in [0.717, 1.165) is 6.07 Å². The minimum atomic E-state index is -2.84. The van der Waals surface area contributed by atoms with Gasteiger partial charge in [0.2, 0.25) is 0 Å². The SMILES string of the molecule is Cc1cc(C(F)F)c(C(N)=O)nc1C#N. The Bertz CT molecular complexity index is 451. The van der Waals surface area contributed by atoms with Gasteiger partial charge in [0.05, 0.1) is 0 Å². The quantitative estimate of drug-likeness (QED) is 0.800. The van der Waals surface area contributed by atoms with Crippen molar-refractivity contribution in [2.75, 3.05) is 0 Å². The number of alkyl halides is 2. The molecule has 78 valence electrons. The predicted octanol–water partition coefficient (Wildman–Crippen LogP) is 1.30. The van der Waals surface area contributed by atoms with Crippen LogP contribution in [0.4, 0.5) is 8.78 Å². The molecular weight excluding hydrogens is 204 g/mol. The number of nitriles is 1. The lowest BCUT2D eigenvalue weighted by molar-refractivity contribution is 0.0980. The van der Waals surface area contributed by atoms with Crippen molar-refractivity contribution in [3.05, 3.63) is 28.6 Å². The van der Waals surface area contributed by atoms with E-state index in [0.29, 0.717) is 0 Å². The summed E-state index contributed by atoms with van der Waals surface area (Å²) in [6.07, 6.45) is -2.84. The Kier molecular flexibility index (Phi) is 2.95. The maximum atomic E-state index is 12.5. The van der Waals surface area contributed by atoms with Gasteiger partial charge >= 0.3 is 0 Å². The lowest BCUT2D eigenvalue weighted by Crippen LogP contribution is -2.17. The number of primary amides is 1. The highest BCUT2D eigenvalue weighted by Gasteiger charge is 2.20. The summed E-state index contributed by atoms with van der Waals surface area (Å²) in [5.41, 5.74) is 4.00. The molecule has 6 heteroatoms. The van der Waals surface area contributed by atoms with Gasteiger partial charge < -0.3 is 5.73 Å². The number of nitrogens with two attached hydrogens (primary N) is 1. The van der Waals surface area contributed by atoms with Crippen molar-refractivity contribution in [2.24, 2.45) is 5.73 Å². The zero-order valence-corrected chi connectivity index (χ0v) is 7.79. The fourth-order valence-corrected chi connectivity index (χ4v) is 1.11. The Morgan fingerprint density at radius 3 is 2.67 bits per heavy atom. The molecule has 0 atom stereocenters. The molecule has 4 nitrogen and oxygen atoms in total. The third-order valence-electron chi connectivity index (χ3n) is 1.82. The van der Waals surface area contributed by atoms with Gasteiger partial charge in [-0.1, -0.05) is 0 Å². The number of aromatic nitrogens is 1. The number of halogens is 2. The van der Waals surface area contributed by atoms with Gasteiger partial charge in [-0.3, -0.25) is 4.79 Å². The Morgan fingerprint density at radius 1 is 1.67 bits per heavy atom. The van der Waals surface area contributed by atoms with Crippen molar-refractivity contribution in [3.63, 3.8) is 0 Å². The van der Waals surface area contributed by atoms with Gasteiger partial charge in [0, 0.05) is 5.56 Å². The fraction of sp³-hybridized carbons (Fsp3) is 0.222. The summed E-state index contributed by atoms with van der Waals surface area (Å²) in [6.45, 7) is 1.46. The highest BCUT2D eigenvalue weighted by molar-refractivity contribution is 5.92. The van der Waals surface area contributed by atoms with Gasteiger partial charge in [-0.05, 0) is 18.6 Å². The van der Waals surface area contributed by atoms with E-state index in [1.165, 1.54) is 6.92 Å². The molecule has 0 fully saturated rings. The molecule has 0 saturated heterocycles. The number of hydrogen-bond donors (Lipinski definition) is 1. The molecule has 0 aliphatic carbocycles. The topological polar surface area (TPSA) is 79.8 Å². The number of nitrogens with zero attached hydrogens (tertiary/aromatic N) is 2. The van der Waals surface area contributed by atoms with Crippen LogP contribution in [0.15, 0.2) is 6.07 Å². The first kappa shape index (κ1) is 11.0. The average Bonchev–Trinajstić information content (AvgIpc) is 2.16. The smallest absolute Gasteiger partial charge is 0.267 e. The van der Waals surface area contributed by atoms with E-state index in [1.807, 2.05) is 0 Å². The van der Waals surface area contributed by atoms with Crippen LogP contribution in [0.5, 0.6) is 0 Å². The number of amides is 1. The largest absolute Gasteiger partial charge is 0.364 e. The number of aryl methyl sites for hydroxylation is 1. The summed E-state index contributed by atoms with van der Waals surface area (Å²) < 4.78 is 24.9. The van der Waals surface area contributed by atoms with Crippen molar-refractivity contribution >= 4 is 5.91 Å². The molecule has 0 unspecified atom stereocenters. The van der Waals surface area contributed by atoms with Crippen molar-refractivity contribution in [3.8, 4) is 6.07 Å². The third-order valence-corrected chi connectivity index (χ3v) is 1.82. The third kappa shape index (κ3) is 2.07. The van der Waals surface area contributed by atoms with Gasteiger partial charge in [0.15, 0.2) is 0 Å². The summed E-state index contributed by atoms with van der Waals surface area (Å²) in [4.78, 5) is 14.3. The van der Waals surface area contributed by atoms with E-state index in [9.17, 15) is 13.6 Å². The molecule has 15 heavy (non-hydrogen) atoms. The van der Waals surface area contributed by atoms with E-state index in [1.54, 1.807) is 6.07 Å². The molecule has 1 aromatic rings. The van der Waals surface area contributed by atoms with Crippen LogP contribution in [-0.2, 0) is 0 Å². The Balaban J connectivity index is 3.47. The lowest BCUT2D eigenvalue weighted by Gasteiger charge is -2.06. The second-order valence-corrected chi connectivity index (χ2v) is 2.87. The number of rotatable bonds is 2. The molecule has 0 aliphatic heterocycles. The summed E-state index contributed by atoms with van der Waals surface area (Å²) in [5.74, 6) is -1.07. The van der Waals surface area contributed by atoms with E-state index in [2.05, 4.69) is 4.98 Å². The molecule has 0 saturated carbocycles. The number of carbonyl (C=O) groups is 1. The minimum absolute atomic E-state index is 0.0757. The van der Waals surface area contributed by atoms with E-state index in [4.69, 9.17) is 11.0 Å². The molecule has 1 aromatic heterocycles. The Labute approximate surface area is 84.3 Å². The molecule has 0 spiro atoms. The van der Waals surface area contributed by atoms with E-state index in [-0.39, 0.29) is 11.3 Å². The van der Waals surface area contributed by atoms with Crippen LogP contribution in [0.3, 0.4) is 0 Å². The van der Waals surface area contributed by atoms with Crippen molar-refractivity contribution in [1.82, 2.24) is 4.98 Å². The van der Waals surface area contributed by atoms with Crippen molar-refractivity contribution in [1.29, 1.82) is 5.26 Å². The zero-order valence-electron chi connectivity index (χ0n) is 7.79. The molecule has 0 aliphatic rings. The minimum Gasteiger partial charge on any atom is -0.364 e. The van der Waals surface area contributed by atoms with Gasteiger partial charge in [0.1, 0.15) is 17.5 Å². The number of carbonyl (C=O) groups excluding carboxylic acids is 1. The zero-order chi connectivity index (χ0) is 11.6. The molecule has 1 rings (SSSR count). The maximum absolute atomic E-state index is 12.5. The van der Waals surface area contributed by atoms with Gasteiger partial charge in [-0.25, -0.2) is 13.8 Å². The molecule has 1 heterocycles. The monoisotopic (exact) mass is 211 g/mol. The second kappa shape index (κ2) is 4.00. The second-order valence-electron chi connectivity index (χ2n) is 2.87. The molecule has 2 N–H and O–H groups in total. The van der Waals surface area contributed by atoms with Crippen LogP contribution in [0.25, 0.3) is 0 Å². The molecular formula is C9H7F2N3O. The molecule has 0 radical (unpaired) electrons. The van der Waals surface area contributed by atoms with Crippen LogP contribution in [-0.4, -0.2) is 10.9 Å². The van der Waals surface area contributed by atoms with Gasteiger partial charge in [-0.2, -0.15) is 5.26 Å². The predicted molar refractivity (Wildman–Crippen MR) is 47.2 cm³/mol. The fourth-order valence-electron chi connectivity index (χ4n) is 1.11. The van der Waals surface area contributed by atoms with Crippen LogP contribution >= 0.6 is 0 Å². The van der Waals surface area contributed by atoms with Crippen LogP contribution in [0.1, 0.15) is 33.7 Å².